The van der Waals surface area contributed by atoms with Gasteiger partial charge in [0.1, 0.15) is 5.75 Å². The number of likely N-dealkylation sites (tertiary alicyclic amines) is 1. The van der Waals surface area contributed by atoms with Crippen LogP contribution >= 0.6 is 0 Å². The van der Waals surface area contributed by atoms with E-state index in [0.29, 0.717) is 31.3 Å². The van der Waals surface area contributed by atoms with Crippen molar-refractivity contribution in [2.45, 2.75) is 32.1 Å². The molecule has 5 heteroatoms. The van der Waals surface area contributed by atoms with Crippen molar-refractivity contribution in [3.8, 4) is 5.75 Å². The van der Waals surface area contributed by atoms with Crippen LogP contribution in [0.25, 0.3) is 0 Å². The van der Waals surface area contributed by atoms with Gasteiger partial charge in [0.05, 0.1) is 0 Å². The number of benzene rings is 1. The molecule has 2 aliphatic rings. The summed E-state index contributed by atoms with van der Waals surface area (Å²) in [5, 5.41) is 3.10. The highest BCUT2D eigenvalue weighted by Crippen LogP contribution is 2.20. The standard InChI is InChI=1S/C20H26N2O3/c23-19(17-7-3-1-4-8-17)21-15-16-11-13-22(14-12-16)20(24)25-18-9-5-2-6-10-18/h1-3,5-6,9-10,16-17H,4,7-8,11-15H2,(H,21,23)/t17-/m1/s1. The van der Waals surface area contributed by atoms with Crippen molar-refractivity contribution in [2.75, 3.05) is 19.6 Å². The Hall–Kier alpha value is -2.30. The molecule has 1 fully saturated rings. The number of carbonyl (C=O) groups excluding carboxylic acids is 2. The SMILES string of the molecule is O=C(NCC1CCN(C(=O)Oc2ccccc2)CC1)[C@@H]1CC=CCC1. The molecule has 1 saturated heterocycles. The van der Waals surface area contributed by atoms with Gasteiger partial charge in [-0.05, 0) is 50.2 Å². The molecule has 1 heterocycles. The molecule has 5 nitrogen and oxygen atoms in total. The van der Waals surface area contributed by atoms with Gasteiger partial charge in [-0.2, -0.15) is 0 Å². The van der Waals surface area contributed by atoms with Crippen LogP contribution in [0, 0.1) is 11.8 Å². The van der Waals surface area contributed by atoms with Gasteiger partial charge in [-0.25, -0.2) is 4.79 Å². The quantitative estimate of drug-likeness (QED) is 0.854. The maximum absolute atomic E-state index is 12.2. The highest BCUT2D eigenvalue weighted by Gasteiger charge is 2.25. The Morgan fingerprint density at radius 3 is 2.52 bits per heavy atom. The van der Waals surface area contributed by atoms with Crippen molar-refractivity contribution in [2.24, 2.45) is 11.8 Å². The average Bonchev–Trinajstić information content (AvgIpc) is 2.68. The lowest BCUT2D eigenvalue weighted by molar-refractivity contribution is -0.125. The number of ether oxygens (including phenoxy) is 1. The molecule has 3 rings (SSSR count). The molecule has 0 radical (unpaired) electrons. The third kappa shape index (κ3) is 5.08. The minimum Gasteiger partial charge on any atom is -0.410 e. The van der Waals surface area contributed by atoms with E-state index in [-0.39, 0.29) is 17.9 Å². The van der Waals surface area contributed by atoms with Gasteiger partial charge < -0.3 is 15.0 Å². The van der Waals surface area contributed by atoms with Gasteiger partial charge in [0.2, 0.25) is 5.91 Å². The Morgan fingerprint density at radius 1 is 1.08 bits per heavy atom. The zero-order valence-electron chi connectivity index (χ0n) is 14.5. The van der Waals surface area contributed by atoms with Crippen molar-refractivity contribution in [3.63, 3.8) is 0 Å². The lowest BCUT2D eigenvalue weighted by Crippen LogP contribution is -2.43. The number of rotatable bonds is 4. The molecule has 1 N–H and O–H groups in total. The first-order valence-corrected chi connectivity index (χ1v) is 9.17. The van der Waals surface area contributed by atoms with Crippen LogP contribution in [0.2, 0.25) is 0 Å². The predicted octanol–water partition coefficient (Wildman–Crippen LogP) is 3.37. The fourth-order valence-corrected chi connectivity index (χ4v) is 3.39. The van der Waals surface area contributed by atoms with E-state index in [1.165, 1.54) is 0 Å². The van der Waals surface area contributed by atoms with E-state index in [2.05, 4.69) is 17.5 Å². The topological polar surface area (TPSA) is 58.6 Å². The summed E-state index contributed by atoms with van der Waals surface area (Å²) < 4.78 is 5.38. The van der Waals surface area contributed by atoms with Crippen LogP contribution in [-0.4, -0.2) is 36.5 Å². The van der Waals surface area contributed by atoms with Crippen LogP contribution in [0.1, 0.15) is 32.1 Å². The summed E-state index contributed by atoms with van der Waals surface area (Å²) in [4.78, 5) is 26.1. The van der Waals surface area contributed by atoms with Gasteiger partial charge in [0.15, 0.2) is 0 Å². The van der Waals surface area contributed by atoms with Crippen LogP contribution in [0.5, 0.6) is 5.75 Å². The number of amides is 2. The third-order valence-corrected chi connectivity index (χ3v) is 5.03. The number of hydrogen-bond donors (Lipinski definition) is 1. The molecule has 0 bridgehead atoms. The molecular weight excluding hydrogens is 316 g/mol. The van der Waals surface area contributed by atoms with E-state index in [1.807, 2.05) is 18.2 Å². The number of allylic oxidation sites excluding steroid dienone is 2. The van der Waals surface area contributed by atoms with Crippen LogP contribution in [0.3, 0.4) is 0 Å². The van der Waals surface area contributed by atoms with Crippen molar-refractivity contribution in [1.29, 1.82) is 0 Å². The molecule has 0 unspecified atom stereocenters. The van der Waals surface area contributed by atoms with E-state index in [9.17, 15) is 9.59 Å². The van der Waals surface area contributed by atoms with Gasteiger partial charge in [-0.3, -0.25) is 4.79 Å². The second kappa shape index (κ2) is 8.70. The molecule has 0 spiro atoms. The highest BCUT2D eigenvalue weighted by atomic mass is 16.6. The lowest BCUT2D eigenvalue weighted by atomic mass is 9.92. The minimum atomic E-state index is -0.289. The molecule has 1 aromatic rings. The Balaban J connectivity index is 1.37. The molecule has 1 aliphatic heterocycles. The number of para-hydroxylation sites is 1. The molecule has 134 valence electrons. The van der Waals surface area contributed by atoms with Gasteiger partial charge in [0.25, 0.3) is 0 Å². The van der Waals surface area contributed by atoms with E-state index >= 15 is 0 Å². The average molecular weight is 342 g/mol. The van der Waals surface area contributed by atoms with E-state index in [0.717, 1.165) is 32.1 Å². The summed E-state index contributed by atoms with van der Waals surface area (Å²) in [6, 6.07) is 9.14. The van der Waals surface area contributed by atoms with Crippen LogP contribution in [0.4, 0.5) is 4.79 Å². The zero-order chi connectivity index (χ0) is 17.5. The monoisotopic (exact) mass is 342 g/mol. The first kappa shape index (κ1) is 17.5. The molecule has 1 aromatic carbocycles. The number of hydrogen-bond acceptors (Lipinski definition) is 3. The first-order chi connectivity index (χ1) is 12.2. The minimum absolute atomic E-state index is 0.130. The summed E-state index contributed by atoms with van der Waals surface area (Å²) in [5.41, 5.74) is 0. The van der Waals surface area contributed by atoms with Crippen LogP contribution < -0.4 is 10.1 Å². The Bertz CT molecular complexity index is 607. The first-order valence-electron chi connectivity index (χ1n) is 9.17. The van der Waals surface area contributed by atoms with E-state index in [4.69, 9.17) is 4.74 Å². The second-order valence-corrected chi connectivity index (χ2v) is 6.84. The summed E-state index contributed by atoms with van der Waals surface area (Å²) in [7, 11) is 0. The molecule has 25 heavy (non-hydrogen) atoms. The fraction of sp³-hybridized carbons (Fsp3) is 0.500. The maximum atomic E-state index is 12.2. The van der Waals surface area contributed by atoms with Crippen molar-refractivity contribution >= 4 is 12.0 Å². The van der Waals surface area contributed by atoms with Gasteiger partial charge in [0, 0.05) is 25.6 Å². The van der Waals surface area contributed by atoms with Gasteiger partial charge >= 0.3 is 6.09 Å². The molecule has 1 aliphatic carbocycles. The highest BCUT2D eigenvalue weighted by molar-refractivity contribution is 5.79. The van der Waals surface area contributed by atoms with Crippen molar-refractivity contribution in [3.05, 3.63) is 42.5 Å². The summed E-state index contributed by atoms with van der Waals surface area (Å²) in [5.74, 6) is 1.31. The summed E-state index contributed by atoms with van der Waals surface area (Å²) in [6.45, 7) is 2.07. The van der Waals surface area contributed by atoms with E-state index < -0.39 is 0 Å². The van der Waals surface area contributed by atoms with Crippen molar-refractivity contribution in [1.82, 2.24) is 10.2 Å². The van der Waals surface area contributed by atoms with Gasteiger partial charge in [-0.1, -0.05) is 30.4 Å². The smallest absolute Gasteiger partial charge is 0.410 e. The molecule has 0 saturated carbocycles. The number of piperidine rings is 1. The molecule has 2 amide bonds. The predicted molar refractivity (Wildman–Crippen MR) is 96.3 cm³/mol. The Morgan fingerprint density at radius 2 is 1.84 bits per heavy atom. The molecular formula is C20H26N2O3. The van der Waals surface area contributed by atoms with Crippen molar-refractivity contribution < 1.29 is 14.3 Å². The Labute approximate surface area is 149 Å². The largest absolute Gasteiger partial charge is 0.415 e. The zero-order valence-corrected chi connectivity index (χ0v) is 14.5. The van der Waals surface area contributed by atoms with E-state index in [1.54, 1.807) is 17.0 Å². The number of carbonyl (C=O) groups is 2. The maximum Gasteiger partial charge on any atom is 0.415 e. The third-order valence-electron chi connectivity index (χ3n) is 5.03. The molecule has 0 aromatic heterocycles. The number of nitrogens with one attached hydrogen (secondary N) is 1. The van der Waals surface area contributed by atoms with Gasteiger partial charge in [-0.15, -0.1) is 0 Å². The Kier molecular flexibility index (Phi) is 6.09. The normalized spacial score (nSPS) is 21.0. The van der Waals surface area contributed by atoms with Crippen LogP contribution in [0.15, 0.2) is 42.5 Å². The lowest BCUT2D eigenvalue weighted by Gasteiger charge is -2.31. The summed E-state index contributed by atoms with van der Waals surface area (Å²) in [6.07, 6.45) is 8.56. The summed E-state index contributed by atoms with van der Waals surface area (Å²) >= 11 is 0. The second-order valence-electron chi connectivity index (χ2n) is 6.84. The molecule has 1 atom stereocenters. The number of nitrogens with zero attached hydrogens (tertiary/aromatic N) is 1. The fourth-order valence-electron chi connectivity index (χ4n) is 3.39. The van der Waals surface area contributed by atoms with Crippen LogP contribution in [-0.2, 0) is 4.79 Å².